The zero-order valence-electron chi connectivity index (χ0n) is 7.12. The first kappa shape index (κ1) is 9.25. The Morgan fingerprint density at radius 1 is 1.25 bits per heavy atom. The lowest BCUT2D eigenvalue weighted by atomic mass is 10.3. The Morgan fingerprint density at radius 3 is 2.00 bits per heavy atom. The highest BCUT2D eigenvalue weighted by atomic mass is 32.1. The first-order chi connectivity index (χ1) is 5.61. The predicted octanol–water partition coefficient (Wildman–Crippen LogP) is -0.606. The molecule has 0 aliphatic carbocycles. The van der Waals surface area contributed by atoms with Crippen molar-refractivity contribution in [1.29, 1.82) is 0 Å². The van der Waals surface area contributed by atoms with E-state index in [1.165, 1.54) is 0 Å². The molecule has 1 aliphatic rings. The van der Waals surface area contributed by atoms with Gasteiger partial charge in [-0.1, -0.05) is 0 Å². The highest BCUT2D eigenvalue weighted by Crippen LogP contribution is 2.00. The molecule has 0 saturated carbocycles. The van der Waals surface area contributed by atoms with Crippen LogP contribution in [0.15, 0.2) is 0 Å². The largest absolute Gasteiger partial charge is 0.376 e. The maximum absolute atomic E-state index is 10.9. The fourth-order valence-corrected chi connectivity index (χ4v) is 1.42. The average Bonchev–Trinajstić information content (AvgIpc) is 2.04. The summed E-state index contributed by atoms with van der Waals surface area (Å²) in [4.78, 5) is 14.6. The molecule has 0 aromatic rings. The lowest BCUT2D eigenvalue weighted by molar-refractivity contribution is -0.130. The Morgan fingerprint density at radius 2 is 1.67 bits per heavy atom. The summed E-state index contributed by atoms with van der Waals surface area (Å²) >= 11 is 4.82. The third kappa shape index (κ3) is 2.07. The van der Waals surface area contributed by atoms with Gasteiger partial charge in [0.25, 0.3) is 0 Å². The van der Waals surface area contributed by atoms with Gasteiger partial charge in [-0.3, -0.25) is 4.79 Å². The first-order valence-electron chi connectivity index (χ1n) is 3.91. The number of carbonyl (C=O) groups is 1. The molecule has 12 heavy (non-hydrogen) atoms. The molecule has 1 rings (SSSR count). The normalized spacial score (nSPS) is 17.8. The standard InChI is InChI=1S/C7H13N3OS/c1-6(11)9-2-4-10(5-3-9)7(8)12/h2-5H2,1H3,(H2,8,12). The van der Waals surface area contributed by atoms with Crippen molar-refractivity contribution >= 4 is 23.2 Å². The molecule has 68 valence electrons. The van der Waals surface area contributed by atoms with E-state index in [9.17, 15) is 4.79 Å². The van der Waals surface area contributed by atoms with Gasteiger partial charge in [0.15, 0.2) is 5.11 Å². The van der Waals surface area contributed by atoms with Gasteiger partial charge in [0.05, 0.1) is 0 Å². The van der Waals surface area contributed by atoms with Crippen LogP contribution in [0.2, 0.25) is 0 Å². The Labute approximate surface area is 77.3 Å². The van der Waals surface area contributed by atoms with E-state index in [4.69, 9.17) is 18.0 Å². The third-order valence-electron chi connectivity index (χ3n) is 2.04. The van der Waals surface area contributed by atoms with E-state index >= 15 is 0 Å². The number of hydrogen-bond donors (Lipinski definition) is 1. The molecule has 0 aromatic carbocycles. The van der Waals surface area contributed by atoms with Crippen molar-refractivity contribution in [2.45, 2.75) is 6.92 Å². The van der Waals surface area contributed by atoms with Gasteiger partial charge in [0, 0.05) is 33.1 Å². The van der Waals surface area contributed by atoms with Gasteiger partial charge in [-0.2, -0.15) is 0 Å². The van der Waals surface area contributed by atoms with E-state index in [-0.39, 0.29) is 5.91 Å². The minimum absolute atomic E-state index is 0.123. The molecule has 0 radical (unpaired) electrons. The summed E-state index contributed by atoms with van der Waals surface area (Å²) < 4.78 is 0. The summed E-state index contributed by atoms with van der Waals surface area (Å²) in [6, 6.07) is 0. The van der Waals surface area contributed by atoms with Gasteiger partial charge in [0.2, 0.25) is 5.91 Å². The Hall–Kier alpha value is -0.840. The van der Waals surface area contributed by atoms with Crippen LogP contribution < -0.4 is 5.73 Å². The number of rotatable bonds is 0. The van der Waals surface area contributed by atoms with Crippen LogP contribution in [0.25, 0.3) is 0 Å². The van der Waals surface area contributed by atoms with Crippen LogP contribution in [0.4, 0.5) is 0 Å². The molecular formula is C7H13N3OS. The molecule has 1 heterocycles. The topological polar surface area (TPSA) is 49.6 Å². The minimum Gasteiger partial charge on any atom is -0.376 e. The van der Waals surface area contributed by atoms with Gasteiger partial charge in [-0.25, -0.2) is 0 Å². The summed E-state index contributed by atoms with van der Waals surface area (Å²) in [6.07, 6.45) is 0. The van der Waals surface area contributed by atoms with Crippen molar-refractivity contribution in [1.82, 2.24) is 9.80 Å². The molecule has 0 aromatic heterocycles. The minimum atomic E-state index is 0.123. The highest BCUT2D eigenvalue weighted by Gasteiger charge is 2.18. The van der Waals surface area contributed by atoms with Crippen molar-refractivity contribution in [3.63, 3.8) is 0 Å². The fraction of sp³-hybridized carbons (Fsp3) is 0.714. The summed E-state index contributed by atoms with van der Waals surface area (Å²) in [5.41, 5.74) is 5.44. The van der Waals surface area contributed by atoms with Crippen molar-refractivity contribution in [3.05, 3.63) is 0 Å². The number of thiocarbonyl (C=S) groups is 1. The monoisotopic (exact) mass is 187 g/mol. The molecule has 1 fully saturated rings. The number of nitrogens with zero attached hydrogens (tertiary/aromatic N) is 2. The lowest BCUT2D eigenvalue weighted by Gasteiger charge is -2.34. The molecule has 4 nitrogen and oxygen atoms in total. The first-order valence-corrected chi connectivity index (χ1v) is 4.32. The van der Waals surface area contributed by atoms with Gasteiger partial charge in [-0.05, 0) is 12.2 Å². The van der Waals surface area contributed by atoms with Crippen molar-refractivity contribution in [3.8, 4) is 0 Å². The van der Waals surface area contributed by atoms with Crippen LogP contribution in [-0.2, 0) is 4.79 Å². The fourth-order valence-electron chi connectivity index (χ4n) is 1.24. The molecule has 5 heteroatoms. The van der Waals surface area contributed by atoms with Crippen molar-refractivity contribution in [2.24, 2.45) is 5.73 Å². The van der Waals surface area contributed by atoms with E-state index in [0.717, 1.165) is 26.2 Å². The molecule has 0 bridgehead atoms. The average molecular weight is 187 g/mol. The van der Waals surface area contributed by atoms with Gasteiger partial charge in [-0.15, -0.1) is 0 Å². The second-order valence-corrected chi connectivity index (χ2v) is 3.25. The molecule has 1 saturated heterocycles. The van der Waals surface area contributed by atoms with Crippen LogP contribution in [0, 0.1) is 0 Å². The SMILES string of the molecule is CC(=O)N1CCN(C(N)=S)CC1. The summed E-state index contributed by atoms with van der Waals surface area (Å²) in [6.45, 7) is 4.56. The quantitative estimate of drug-likeness (QED) is 0.514. The third-order valence-corrected chi connectivity index (χ3v) is 2.29. The maximum Gasteiger partial charge on any atom is 0.219 e. The second kappa shape index (κ2) is 3.71. The van der Waals surface area contributed by atoms with E-state index in [0.29, 0.717) is 5.11 Å². The van der Waals surface area contributed by atoms with E-state index in [1.54, 1.807) is 11.8 Å². The Bertz CT molecular complexity index is 177. The summed E-state index contributed by atoms with van der Waals surface area (Å²) in [5.74, 6) is 0.123. The van der Waals surface area contributed by atoms with Gasteiger partial charge < -0.3 is 15.5 Å². The summed E-state index contributed by atoms with van der Waals surface area (Å²) in [7, 11) is 0. The van der Waals surface area contributed by atoms with E-state index in [1.807, 2.05) is 4.90 Å². The molecule has 2 N–H and O–H groups in total. The molecular weight excluding hydrogens is 174 g/mol. The lowest BCUT2D eigenvalue weighted by Crippen LogP contribution is -2.51. The molecule has 0 spiro atoms. The molecule has 1 amide bonds. The Kier molecular flexibility index (Phi) is 2.86. The Balaban J connectivity index is 2.39. The van der Waals surface area contributed by atoms with E-state index < -0.39 is 0 Å². The number of nitrogens with two attached hydrogens (primary N) is 1. The number of hydrogen-bond acceptors (Lipinski definition) is 2. The van der Waals surface area contributed by atoms with Gasteiger partial charge >= 0.3 is 0 Å². The maximum atomic E-state index is 10.9. The number of piperazine rings is 1. The van der Waals surface area contributed by atoms with Crippen molar-refractivity contribution < 1.29 is 4.79 Å². The van der Waals surface area contributed by atoms with Crippen LogP contribution in [0.1, 0.15) is 6.92 Å². The summed E-state index contributed by atoms with van der Waals surface area (Å²) in [5, 5.41) is 0.429. The zero-order chi connectivity index (χ0) is 9.14. The van der Waals surface area contributed by atoms with Crippen LogP contribution in [-0.4, -0.2) is 47.0 Å². The van der Waals surface area contributed by atoms with Crippen LogP contribution >= 0.6 is 12.2 Å². The molecule has 0 unspecified atom stereocenters. The zero-order valence-corrected chi connectivity index (χ0v) is 7.93. The molecule has 1 aliphatic heterocycles. The van der Waals surface area contributed by atoms with Crippen LogP contribution in [0.3, 0.4) is 0 Å². The van der Waals surface area contributed by atoms with Gasteiger partial charge in [0.1, 0.15) is 0 Å². The smallest absolute Gasteiger partial charge is 0.219 e. The number of carbonyl (C=O) groups excluding carboxylic acids is 1. The predicted molar refractivity (Wildman–Crippen MR) is 50.6 cm³/mol. The van der Waals surface area contributed by atoms with Crippen molar-refractivity contribution in [2.75, 3.05) is 26.2 Å². The highest BCUT2D eigenvalue weighted by molar-refractivity contribution is 7.80. The number of amides is 1. The molecule has 0 atom stereocenters. The van der Waals surface area contributed by atoms with Crippen LogP contribution in [0.5, 0.6) is 0 Å². The van der Waals surface area contributed by atoms with E-state index in [2.05, 4.69) is 0 Å². The second-order valence-electron chi connectivity index (χ2n) is 2.83.